The lowest BCUT2D eigenvalue weighted by Crippen LogP contribution is -2.43. The van der Waals surface area contributed by atoms with Crippen molar-refractivity contribution in [3.8, 4) is 0 Å². The second kappa shape index (κ2) is 7.76. The number of rotatable bonds is 4. The topological polar surface area (TPSA) is 63.2 Å². The summed E-state index contributed by atoms with van der Waals surface area (Å²) in [7, 11) is 0. The SMILES string of the molecule is Cc1nnc(Nc2cccc(C3CCN(C4CCOCC4)CC3)n2)s1. The van der Waals surface area contributed by atoms with Gasteiger partial charge in [-0.1, -0.05) is 17.4 Å². The fourth-order valence-corrected chi connectivity index (χ4v) is 4.41. The maximum atomic E-state index is 5.49. The van der Waals surface area contributed by atoms with E-state index in [-0.39, 0.29) is 0 Å². The van der Waals surface area contributed by atoms with Crippen LogP contribution in [0.2, 0.25) is 0 Å². The van der Waals surface area contributed by atoms with Gasteiger partial charge in [0.25, 0.3) is 0 Å². The zero-order valence-corrected chi connectivity index (χ0v) is 15.5. The highest BCUT2D eigenvalue weighted by atomic mass is 32.1. The van der Waals surface area contributed by atoms with Crippen molar-refractivity contribution >= 4 is 22.3 Å². The maximum absolute atomic E-state index is 5.49. The third-order valence-corrected chi connectivity index (χ3v) is 5.94. The van der Waals surface area contributed by atoms with E-state index >= 15 is 0 Å². The molecule has 4 rings (SSSR count). The molecule has 0 amide bonds. The molecule has 1 N–H and O–H groups in total. The number of ether oxygens (including phenoxy) is 1. The minimum Gasteiger partial charge on any atom is -0.381 e. The molecule has 0 aliphatic carbocycles. The highest BCUT2D eigenvalue weighted by molar-refractivity contribution is 7.15. The lowest BCUT2D eigenvalue weighted by molar-refractivity contribution is 0.0250. The van der Waals surface area contributed by atoms with Crippen LogP contribution in [0.25, 0.3) is 0 Å². The molecule has 2 aromatic rings. The number of anilines is 2. The normalized spacial score (nSPS) is 20.7. The number of hydrogen-bond donors (Lipinski definition) is 1. The van der Waals surface area contributed by atoms with Gasteiger partial charge in [0.05, 0.1) is 0 Å². The number of likely N-dealkylation sites (tertiary alicyclic amines) is 1. The molecule has 0 radical (unpaired) electrons. The molecular weight excluding hydrogens is 334 g/mol. The number of hydrogen-bond acceptors (Lipinski definition) is 7. The highest BCUT2D eigenvalue weighted by Crippen LogP contribution is 2.30. The van der Waals surface area contributed by atoms with E-state index in [1.165, 1.54) is 44.5 Å². The van der Waals surface area contributed by atoms with E-state index in [4.69, 9.17) is 9.72 Å². The van der Waals surface area contributed by atoms with Crippen LogP contribution in [0.5, 0.6) is 0 Å². The van der Waals surface area contributed by atoms with Crippen LogP contribution in [-0.2, 0) is 4.74 Å². The summed E-state index contributed by atoms with van der Waals surface area (Å²) in [5.41, 5.74) is 1.19. The summed E-state index contributed by atoms with van der Waals surface area (Å²) in [6.07, 6.45) is 4.74. The average Bonchev–Trinajstić information content (AvgIpc) is 3.07. The molecule has 2 aliphatic heterocycles. The molecule has 2 aromatic heterocycles. The van der Waals surface area contributed by atoms with Crippen molar-refractivity contribution in [2.45, 2.75) is 44.6 Å². The second-order valence-electron chi connectivity index (χ2n) is 6.85. The number of piperidine rings is 1. The van der Waals surface area contributed by atoms with Gasteiger partial charge in [-0.25, -0.2) is 4.98 Å². The Kier molecular flexibility index (Phi) is 5.24. The molecule has 2 fully saturated rings. The highest BCUT2D eigenvalue weighted by Gasteiger charge is 2.27. The lowest BCUT2D eigenvalue weighted by atomic mass is 9.91. The predicted molar refractivity (Wildman–Crippen MR) is 99.6 cm³/mol. The van der Waals surface area contributed by atoms with Crippen molar-refractivity contribution in [1.82, 2.24) is 20.1 Å². The summed E-state index contributed by atoms with van der Waals surface area (Å²) < 4.78 is 5.49. The van der Waals surface area contributed by atoms with Gasteiger partial charge in [0, 0.05) is 30.9 Å². The summed E-state index contributed by atoms with van der Waals surface area (Å²) >= 11 is 1.55. The number of aryl methyl sites for hydroxylation is 1. The number of pyridine rings is 1. The lowest BCUT2D eigenvalue weighted by Gasteiger charge is -2.39. The van der Waals surface area contributed by atoms with Crippen LogP contribution in [-0.4, -0.2) is 52.4 Å². The fraction of sp³-hybridized carbons (Fsp3) is 0.611. The van der Waals surface area contributed by atoms with Crippen LogP contribution in [0.15, 0.2) is 18.2 Å². The van der Waals surface area contributed by atoms with Gasteiger partial charge in [-0.2, -0.15) is 0 Å². The van der Waals surface area contributed by atoms with Crippen molar-refractivity contribution in [3.05, 3.63) is 28.9 Å². The molecule has 7 heteroatoms. The first-order valence-corrected chi connectivity index (χ1v) is 9.95. The van der Waals surface area contributed by atoms with Crippen molar-refractivity contribution in [2.75, 3.05) is 31.6 Å². The number of aromatic nitrogens is 3. The van der Waals surface area contributed by atoms with Crippen LogP contribution < -0.4 is 5.32 Å². The van der Waals surface area contributed by atoms with Gasteiger partial charge in [-0.3, -0.25) is 0 Å². The molecule has 4 heterocycles. The third kappa shape index (κ3) is 4.16. The van der Waals surface area contributed by atoms with Gasteiger partial charge in [0.2, 0.25) is 5.13 Å². The van der Waals surface area contributed by atoms with Crippen molar-refractivity contribution in [2.24, 2.45) is 0 Å². The quantitative estimate of drug-likeness (QED) is 0.903. The summed E-state index contributed by atoms with van der Waals surface area (Å²) in [5, 5.41) is 13.2. The molecule has 2 saturated heterocycles. The molecule has 134 valence electrons. The molecule has 0 bridgehead atoms. The standard InChI is InChI=1S/C18H25N5OS/c1-13-21-22-18(25-13)20-17-4-2-3-16(19-17)14-5-9-23(10-6-14)15-7-11-24-12-8-15/h2-4,14-15H,5-12H2,1H3,(H,19,20,22). The Morgan fingerprint density at radius 3 is 2.64 bits per heavy atom. The second-order valence-corrected chi connectivity index (χ2v) is 8.03. The summed E-state index contributed by atoms with van der Waals surface area (Å²) in [6.45, 7) is 6.14. The Morgan fingerprint density at radius 1 is 1.12 bits per heavy atom. The molecule has 25 heavy (non-hydrogen) atoms. The summed E-state index contributed by atoms with van der Waals surface area (Å²) in [6, 6.07) is 6.96. The van der Waals surface area contributed by atoms with E-state index in [0.29, 0.717) is 5.92 Å². The van der Waals surface area contributed by atoms with E-state index in [9.17, 15) is 0 Å². The van der Waals surface area contributed by atoms with E-state index in [2.05, 4.69) is 32.5 Å². The van der Waals surface area contributed by atoms with Crippen LogP contribution in [0.3, 0.4) is 0 Å². The molecular formula is C18H25N5OS. The van der Waals surface area contributed by atoms with Crippen molar-refractivity contribution < 1.29 is 4.74 Å². The van der Waals surface area contributed by atoms with Crippen LogP contribution in [0, 0.1) is 6.92 Å². The third-order valence-electron chi connectivity index (χ3n) is 5.19. The minimum atomic E-state index is 0.550. The minimum absolute atomic E-state index is 0.550. The monoisotopic (exact) mass is 359 g/mol. The summed E-state index contributed by atoms with van der Waals surface area (Å²) in [4.78, 5) is 7.49. The fourth-order valence-electron chi connectivity index (χ4n) is 3.82. The Balaban J connectivity index is 1.37. The molecule has 6 nitrogen and oxygen atoms in total. The molecule has 0 atom stereocenters. The van der Waals surface area contributed by atoms with Gasteiger partial charge in [-0.05, 0) is 57.8 Å². The Labute approximate surface area is 152 Å². The predicted octanol–water partition coefficient (Wildman–Crippen LogP) is 3.34. The van der Waals surface area contributed by atoms with Gasteiger partial charge >= 0.3 is 0 Å². The first kappa shape index (κ1) is 16.9. The van der Waals surface area contributed by atoms with Gasteiger partial charge in [0.15, 0.2) is 0 Å². The first-order valence-electron chi connectivity index (χ1n) is 9.14. The molecule has 0 saturated carbocycles. The Hall–Kier alpha value is -1.57. The van der Waals surface area contributed by atoms with E-state index in [1.807, 2.05) is 13.0 Å². The first-order chi connectivity index (χ1) is 12.3. The Bertz CT molecular complexity index is 692. The molecule has 0 spiro atoms. The largest absolute Gasteiger partial charge is 0.381 e. The zero-order valence-electron chi connectivity index (χ0n) is 14.6. The van der Waals surface area contributed by atoms with Gasteiger partial charge in [0.1, 0.15) is 10.8 Å². The zero-order chi connectivity index (χ0) is 17.1. The van der Waals surface area contributed by atoms with Crippen LogP contribution >= 0.6 is 11.3 Å². The van der Waals surface area contributed by atoms with Gasteiger partial charge < -0.3 is 15.0 Å². The van der Waals surface area contributed by atoms with E-state index < -0.39 is 0 Å². The Morgan fingerprint density at radius 2 is 1.92 bits per heavy atom. The van der Waals surface area contributed by atoms with Crippen LogP contribution in [0.4, 0.5) is 10.9 Å². The van der Waals surface area contributed by atoms with Crippen molar-refractivity contribution in [1.29, 1.82) is 0 Å². The van der Waals surface area contributed by atoms with E-state index in [1.54, 1.807) is 11.3 Å². The smallest absolute Gasteiger partial charge is 0.211 e. The maximum Gasteiger partial charge on any atom is 0.211 e. The van der Waals surface area contributed by atoms with Crippen molar-refractivity contribution in [3.63, 3.8) is 0 Å². The van der Waals surface area contributed by atoms with Gasteiger partial charge in [-0.15, -0.1) is 10.2 Å². The van der Waals surface area contributed by atoms with Crippen LogP contribution in [0.1, 0.15) is 42.3 Å². The van der Waals surface area contributed by atoms with E-state index in [0.717, 1.165) is 35.2 Å². The number of nitrogens with zero attached hydrogens (tertiary/aromatic N) is 4. The summed E-state index contributed by atoms with van der Waals surface area (Å²) in [5.74, 6) is 1.41. The number of nitrogens with one attached hydrogen (secondary N) is 1. The molecule has 0 aromatic carbocycles. The molecule has 2 aliphatic rings. The molecule has 0 unspecified atom stereocenters. The average molecular weight is 359 g/mol.